The Morgan fingerprint density at radius 1 is 1.23 bits per heavy atom. The van der Waals surface area contributed by atoms with Gasteiger partial charge in [0.25, 0.3) is 0 Å². The molecule has 6 heteroatoms. The molecule has 2 amide bonds. The number of halogens is 1. The SMILES string of the molecule is COc1cc(Cl)c(C)cc1NC(=O)Nc1ccccc1C#N. The molecule has 0 unspecified atom stereocenters. The second kappa shape index (κ2) is 6.83. The molecule has 0 aliphatic carbocycles. The lowest BCUT2D eigenvalue weighted by molar-refractivity contribution is 0.262. The molecule has 0 aliphatic heterocycles. The molecule has 0 saturated heterocycles. The number of benzene rings is 2. The lowest BCUT2D eigenvalue weighted by Gasteiger charge is -2.13. The predicted molar refractivity (Wildman–Crippen MR) is 86.5 cm³/mol. The van der Waals surface area contributed by atoms with E-state index in [1.165, 1.54) is 7.11 Å². The van der Waals surface area contributed by atoms with Crippen molar-refractivity contribution >= 4 is 29.0 Å². The van der Waals surface area contributed by atoms with Crippen molar-refractivity contribution < 1.29 is 9.53 Å². The number of anilines is 2. The van der Waals surface area contributed by atoms with Crippen molar-refractivity contribution in [2.75, 3.05) is 17.7 Å². The standard InChI is InChI=1S/C16H14ClN3O2/c1-10-7-14(15(22-2)8-12(10)17)20-16(21)19-13-6-4-3-5-11(13)9-18/h3-8H,1-2H3,(H2,19,20,21). The van der Waals surface area contributed by atoms with Gasteiger partial charge in [-0.1, -0.05) is 23.7 Å². The number of ether oxygens (including phenoxy) is 1. The number of nitrogens with zero attached hydrogens (tertiary/aromatic N) is 1. The van der Waals surface area contributed by atoms with E-state index in [-0.39, 0.29) is 0 Å². The van der Waals surface area contributed by atoms with Gasteiger partial charge < -0.3 is 15.4 Å². The highest BCUT2D eigenvalue weighted by Gasteiger charge is 2.11. The number of rotatable bonds is 3. The first kappa shape index (κ1) is 15.7. The van der Waals surface area contributed by atoms with Crippen molar-refractivity contribution in [2.45, 2.75) is 6.92 Å². The number of para-hydroxylation sites is 1. The maximum absolute atomic E-state index is 12.1. The van der Waals surface area contributed by atoms with Crippen LogP contribution >= 0.6 is 11.6 Å². The van der Waals surface area contributed by atoms with E-state index in [0.717, 1.165) is 5.56 Å². The smallest absolute Gasteiger partial charge is 0.323 e. The molecule has 0 fully saturated rings. The summed E-state index contributed by atoms with van der Waals surface area (Å²) in [7, 11) is 1.50. The Morgan fingerprint density at radius 3 is 2.59 bits per heavy atom. The number of hydrogen-bond acceptors (Lipinski definition) is 3. The van der Waals surface area contributed by atoms with Crippen LogP contribution in [0.1, 0.15) is 11.1 Å². The molecule has 2 N–H and O–H groups in total. The quantitative estimate of drug-likeness (QED) is 0.892. The number of carbonyl (C=O) groups is 1. The van der Waals surface area contributed by atoms with E-state index >= 15 is 0 Å². The largest absolute Gasteiger partial charge is 0.495 e. The normalized spacial score (nSPS) is 9.73. The van der Waals surface area contributed by atoms with Gasteiger partial charge in [-0.05, 0) is 30.7 Å². The minimum atomic E-state index is -0.470. The van der Waals surface area contributed by atoms with E-state index in [9.17, 15) is 4.79 Å². The zero-order chi connectivity index (χ0) is 16.1. The summed E-state index contributed by atoms with van der Waals surface area (Å²) in [5, 5.41) is 14.9. The lowest BCUT2D eigenvalue weighted by Crippen LogP contribution is -2.20. The first-order valence-corrected chi connectivity index (χ1v) is 6.84. The van der Waals surface area contributed by atoms with Crippen LogP contribution in [0.5, 0.6) is 5.75 Å². The van der Waals surface area contributed by atoms with Gasteiger partial charge >= 0.3 is 6.03 Å². The van der Waals surface area contributed by atoms with E-state index in [1.54, 1.807) is 36.4 Å². The summed E-state index contributed by atoms with van der Waals surface area (Å²) >= 11 is 6.03. The molecule has 2 aromatic carbocycles. The number of methoxy groups -OCH3 is 1. The van der Waals surface area contributed by atoms with Crippen molar-refractivity contribution in [1.29, 1.82) is 5.26 Å². The Morgan fingerprint density at radius 2 is 1.91 bits per heavy atom. The number of aryl methyl sites for hydroxylation is 1. The number of nitrogens with one attached hydrogen (secondary N) is 2. The first-order chi connectivity index (χ1) is 10.5. The number of urea groups is 1. The molecule has 0 spiro atoms. The maximum atomic E-state index is 12.1. The van der Waals surface area contributed by atoms with E-state index in [4.69, 9.17) is 21.6 Å². The van der Waals surface area contributed by atoms with Crippen molar-refractivity contribution in [1.82, 2.24) is 0 Å². The molecule has 0 heterocycles. The van der Waals surface area contributed by atoms with Crippen molar-refractivity contribution in [3.05, 3.63) is 52.5 Å². The predicted octanol–water partition coefficient (Wildman–Crippen LogP) is 4.17. The van der Waals surface area contributed by atoms with Crippen LogP contribution in [-0.2, 0) is 0 Å². The second-order valence-electron chi connectivity index (χ2n) is 4.54. The summed E-state index contributed by atoms with van der Waals surface area (Å²) < 4.78 is 5.20. The average Bonchev–Trinajstić information content (AvgIpc) is 2.51. The lowest BCUT2D eigenvalue weighted by atomic mass is 10.2. The van der Waals surface area contributed by atoms with Crippen LogP contribution in [0.3, 0.4) is 0 Å². The number of hydrogen-bond donors (Lipinski definition) is 2. The molecule has 0 bridgehead atoms. The molecule has 22 heavy (non-hydrogen) atoms. The monoisotopic (exact) mass is 315 g/mol. The fourth-order valence-electron chi connectivity index (χ4n) is 1.90. The third-order valence-electron chi connectivity index (χ3n) is 3.02. The summed E-state index contributed by atoms with van der Waals surface area (Å²) in [6, 6.07) is 11.7. The van der Waals surface area contributed by atoms with Crippen LogP contribution in [0.2, 0.25) is 5.02 Å². The second-order valence-corrected chi connectivity index (χ2v) is 4.95. The molecule has 0 saturated carbocycles. The van der Waals surface area contributed by atoms with Crippen molar-refractivity contribution in [3.63, 3.8) is 0 Å². The van der Waals surface area contributed by atoms with Gasteiger partial charge in [0.05, 0.1) is 24.0 Å². The molecular formula is C16H14ClN3O2. The topological polar surface area (TPSA) is 74.2 Å². The molecule has 112 valence electrons. The van der Waals surface area contributed by atoms with Gasteiger partial charge in [0.2, 0.25) is 0 Å². The zero-order valence-electron chi connectivity index (χ0n) is 12.1. The van der Waals surface area contributed by atoms with Gasteiger partial charge in [0.15, 0.2) is 0 Å². The van der Waals surface area contributed by atoms with Crippen LogP contribution in [0.4, 0.5) is 16.2 Å². The Hall–Kier alpha value is -2.71. The number of nitriles is 1. The minimum Gasteiger partial charge on any atom is -0.495 e. The van der Waals surface area contributed by atoms with Crippen LogP contribution in [0.25, 0.3) is 0 Å². The van der Waals surface area contributed by atoms with Gasteiger partial charge in [-0.3, -0.25) is 0 Å². The van der Waals surface area contributed by atoms with E-state index in [2.05, 4.69) is 10.6 Å². The summed E-state index contributed by atoms with van der Waals surface area (Å²) in [4.78, 5) is 12.1. The Bertz CT molecular complexity index is 754. The molecule has 5 nitrogen and oxygen atoms in total. The first-order valence-electron chi connectivity index (χ1n) is 6.46. The van der Waals surface area contributed by atoms with Crippen LogP contribution in [0, 0.1) is 18.3 Å². The van der Waals surface area contributed by atoms with Gasteiger partial charge in [0, 0.05) is 11.1 Å². The van der Waals surface area contributed by atoms with Gasteiger partial charge in [-0.2, -0.15) is 5.26 Å². The highest BCUT2D eigenvalue weighted by molar-refractivity contribution is 6.31. The molecule has 2 aromatic rings. The van der Waals surface area contributed by atoms with E-state index in [0.29, 0.717) is 27.7 Å². The molecule has 0 aromatic heterocycles. The third-order valence-corrected chi connectivity index (χ3v) is 3.43. The van der Waals surface area contributed by atoms with E-state index in [1.807, 2.05) is 13.0 Å². The third kappa shape index (κ3) is 3.48. The van der Waals surface area contributed by atoms with Crippen molar-refractivity contribution in [2.24, 2.45) is 0 Å². The van der Waals surface area contributed by atoms with E-state index < -0.39 is 6.03 Å². The molecular weight excluding hydrogens is 302 g/mol. The Labute approximate surface area is 133 Å². The summed E-state index contributed by atoms with van der Waals surface area (Å²) in [6.07, 6.45) is 0. The van der Waals surface area contributed by atoms with Gasteiger partial charge in [-0.25, -0.2) is 4.79 Å². The summed E-state index contributed by atoms with van der Waals surface area (Å²) in [5.74, 6) is 0.458. The Kier molecular flexibility index (Phi) is 4.87. The zero-order valence-corrected chi connectivity index (χ0v) is 12.9. The summed E-state index contributed by atoms with van der Waals surface area (Å²) in [6.45, 7) is 1.83. The fourth-order valence-corrected chi connectivity index (χ4v) is 2.05. The molecule has 0 radical (unpaired) electrons. The maximum Gasteiger partial charge on any atom is 0.323 e. The van der Waals surface area contributed by atoms with Crippen LogP contribution in [0.15, 0.2) is 36.4 Å². The molecule has 0 aliphatic rings. The highest BCUT2D eigenvalue weighted by Crippen LogP contribution is 2.31. The average molecular weight is 316 g/mol. The molecule has 2 rings (SSSR count). The molecule has 0 atom stereocenters. The van der Waals surface area contributed by atoms with Crippen molar-refractivity contribution in [3.8, 4) is 11.8 Å². The summed E-state index contributed by atoms with van der Waals surface area (Å²) in [5.41, 5.74) is 2.13. The minimum absolute atomic E-state index is 0.386. The van der Waals surface area contributed by atoms with Gasteiger partial charge in [-0.15, -0.1) is 0 Å². The van der Waals surface area contributed by atoms with Crippen LogP contribution in [-0.4, -0.2) is 13.1 Å². The highest BCUT2D eigenvalue weighted by atomic mass is 35.5. The van der Waals surface area contributed by atoms with Crippen LogP contribution < -0.4 is 15.4 Å². The Balaban J connectivity index is 2.19. The van der Waals surface area contributed by atoms with Gasteiger partial charge in [0.1, 0.15) is 11.8 Å². The number of carbonyl (C=O) groups excluding carboxylic acids is 1. The number of amides is 2. The fraction of sp³-hybridized carbons (Fsp3) is 0.125.